The van der Waals surface area contributed by atoms with Crippen molar-refractivity contribution in [1.82, 2.24) is 0 Å². The molecule has 0 aromatic heterocycles. The summed E-state index contributed by atoms with van der Waals surface area (Å²) in [7, 11) is 0. The monoisotopic (exact) mass is 1310 g/mol. The molecule has 8 nitrogen and oxygen atoms in total. The van der Waals surface area contributed by atoms with E-state index in [1.807, 2.05) is 97.1 Å². The van der Waals surface area contributed by atoms with E-state index >= 15 is 0 Å². The summed E-state index contributed by atoms with van der Waals surface area (Å²) in [6.07, 6.45) is 1.45. The van der Waals surface area contributed by atoms with E-state index in [1.54, 1.807) is 0 Å². The van der Waals surface area contributed by atoms with Gasteiger partial charge in [-0.05, 0) is 177 Å². The molecule has 0 radical (unpaired) electrons. The van der Waals surface area contributed by atoms with E-state index in [-0.39, 0.29) is 141 Å². The molecule has 0 aliphatic heterocycles. The third-order valence-electron chi connectivity index (χ3n) is 20.1. The van der Waals surface area contributed by atoms with Gasteiger partial charge in [0.1, 0.15) is 46.0 Å². The van der Waals surface area contributed by atoms with Crippen molar-refractivity contribution in [3.05, 3.63) is 231 Å². The molecule has 512 valence electrons. The SMILES string of the molecule is CC(C)(C)c1cc2c(O)c(c1)[14CH2]c1cc(C(C)(C)C)cc(c1O)[14CH2]c1cc(C(C)(C)C)cc(c1O)[14CH2]c1cc(C(C)(C)C)cc(c1O)[14CH2]c1cc(C(C)(C)C)cc(c1O)[14CH2]c1cc(C(C)(C)C)cc(c1O)[14CH2]c1cc(C(C)(C)C)cc(c1O)[14CH2]c1cc(C(C)(C)C)cc(c1O)[14CH2]2. The second kappa shape index (κ2) is 25.2. The molecule has 0 amide bonds. The van der Waals surface area contributed by atoms with E-state index in [9.17, 15) is 40.9 Å². The van der Waals surface area contributed by atoms with Crippen molar-refractivity contribution in [1.29, 1.82) is 0 Å². The van der Waals surface area contributed by atoms with E-state index in [2.05, 4.69) is 166 Å². The highest BCUT2D eigenvalue weighted by atomic mass is 16.3. The molecule has 0 fully saturated rings. The topological polar surface area (TPSA) is 162 Å². The van der Waals surface area contributed by atoms with Crippen molar-refractivity contribution in [2.24, 2.45) is 0 Å². The van der Waals surface area contributed by atoms with Crippen molar-refractivity contribution in [3.8, 4) is 46.0 Å². The van der Waals surface area contributed by atoms with Gasteiger partial charge in [0.25, 0.3) is 0 Å². The first-order valence-corrected chi connectivity index (χ1v) is 34.7. The van der Waals surface area contributed by atoms with Crippen LogP contribution < -0.4 is 0 Å². The third-order valence-corrected chi connectivity index (χ3v) is 20.1. The Hall–Kier alpha value is -7.84. The van der Waals surface area contributed by atoms with Crippen LogP contribution in [0.25, 0.3) is 0 Å². The number of rotatable bonds is 0. The number of hydrogen-bond donors (Lipinski definition) is 8. The van der Waals surface area contributed by atoms with Gasteiger partial charge in [-0.3, -0.25) is 0 Å². The molecule has 96 heavy (non-hydrogen) atoms. The molecule has 0 atom stereocenters. The molecule has 16 bridgehead atoms. The van der Waals surface area contributed by atoms with Gasteiger partial charge in [0, 0.05) is 51.4 Å². The van der Waals surface area contributed by atoms with Crippen LogP contribution >= 0.6 is 0 Å². The van der Waals surface area contributed by atoms with Gasteiger partial charge < -0.3 is 40.9 Å². The summed E-state index contributed by atoms with van der Waals surface area (Å²) in [6.45, 7) is 51.4. The van der Waals surface area contributed by atoms with Gasteiger partial charge in [0.15, 0.2) is 0 Å². The molecule has 0 unspecified atom stereocenters. The summed E-state index contributed by atoms with van der Waals surface area (Å²) < 4.78 is 0. The lowest BCUT2D eigenvalue weighted by atomic mass is 9.85. The Morgan fingerprint density at radius 2 is 0.208 bits per heavy atom. The van der Waals surface area contributed by atoms with Crippen molar-refractivity contribution in [3.63, 3.8) is 0 Å². The van der Waals surface area contributed by atoms with Gasteiger partial charge in [-0.1, -0.05) is 263 Å². The van der Waals surface area contributed by atoms with E-state index in [0.29, 0.717) is 89.0 Å². The van der Waals surface area contributed by atoms with Crippen molar-refractivity contribution in [2.45, 2.75) is 261 Å². The molecule has 1 aliphatic rings. The minimum Gasteiger partial charge on any atom is -0.507 e. The summed E-state index contributed by atoms with van der Waals surface area (Å²) in [4.78, 5) is 0. The number of aromatic hydroxyl groups is 8. The minimum atomic E-state index is -0.363. The quantitative estimate of drug-likeness (QED) is 0.0744. The summed E-state index contributed by atoms with van der Waals surface area (Å²) in [5.41, 5.74) is 14.9. The van der Waals surface area contributed by atoms with Gasteiger partial charge in [-0.15, -0.1) is 0 Å². The molecule has 8 heteroatoms. The van der Waals surface area contributed by atoms with Crippen LogP contribution in [0.15, 0.2) is 97.1 Å². The Kier molecular flexibility index (Phi) is 19.0. The number of phenolic OH excluding ortho intramolecular Hbond substituents is 8. The van der Waals surface area contributed by atoms with Crippen molar-refractivity contribution >= 4 is 0 Å². The number of phenols is 8. The fourth-order valence-corrected chi connectivity index (χ4v) is 13.3. The second-order valence-corrected chi connectivity index (χ2v) is 36.6. The molecule has 0 heterocycles. The highest BCUT2D eigenvalue weighted by Crippen LogP contribution is 2.47. The van der Waals surface area contributed by atoms with E-state index < -0.39 is 0 Å². The predicted octanol–water partition coefficient (Wildman–Crippen LogP) is 20.8. The molecular formula is C88H112O8. The van der Waals surface area contributed by atoms with Gasteiger partial charge in [-0.25, -0.2) is 0 Å². The van der Waals surface area contributed by atoms with Crippen LogP contribution in [0.3, 0.4) is 0 Å². The summed E-state index contributed by atoms with van der Waals surface area (Å²) in [5.74, 6) is 0.570. The second-order valence-electron chi connectivity index (χ2n) is 36.6. The van der Waals surface area contributed by atoms with Crippen molar-refractivity contribution in [2.75, 3.05) is 0 Å². The first-order valence-electron chi connectivity index (χ1n) is 34.7. The molecule has 1 aliphatic carbocycles. The zero-order valence-corrected chi connectivity index (χ0v) is 62.5. The molecule has 0 spiro atoms. The normalized spacial score (nSPS) is 14.2. The lowest BCUT2D eigenvalue weighted by Crippen LogP contribution is -2.15. The van der Waals surface area contributed by atoms with Crippen LogP contribution in [0.5, 0.6) is 46.0 Å². The zero-order chi connectivity index (χ0) is 71.4. The maximum atomic E-state index is 12.8. The number of fused-ring (bicyclic) bond motifs is 16. The fraction of sp³-hybridized carbons (Fsp3) is 0.455. The van der Waals surface area contributed by atoms with E-state index in [0.717, 1.165) is 44.5 Å². The molecular weight excluding hydrogens is 1200 g/mol. The standard InChI is InChI=1S/C88H112O8/c1-81(2,3)65-33-49-25-51-35-66(82(4,5)6)37-53(74(51)90)27-55-39-68(84(10,11)12)41-57(76(55)92)29-59-43-70(86(16,17)18)45-61(78(59)94)31-63-47-72(88(22,23)24)48-64(80(63)96)32-62-46-71(87(19,20)21)44-60(79(62)95)30-58-42-69(85(13,14)15)40-56(77(58)93)28-54-38-67(83(7,8)9)36-52(75(54)91)26-50(34-65)73(49)89/h33-48,89-96H,25-32H2,1-24H3/i25+2,26+2,27+2,28+2,29+2,30+2,31+2,32+2. The Balaban J connectivity index is 1.34. The summed E-state index contributed by atoms with van der Waals surface area (Å²) >= 11 is 0. The van der Waals surface area contributed by atoms with E-state index in [4.69, 9.17) is 0 Å². The zero-order valence-electron chi connectivity index (χ0n) is 62.5. The number of benzene rings is 8. The largest absolute Gasteiger partial charge is 0.507 e. The fourth-order valence-electron chi connectivity index (χ4n) is 13.3. The van der Waals surface area contributed by atoms with Gasteiger partial charge in [-0.2, -0.15) is 0 Å². The first-order chi connectivity index (χ1) is 43.9. The van der Waals surface area contributed by atoms with E-state index in [1.165, 1.54) is 0 Å². The number of hydrogen-bond acceptors (Lipinski definition) is 8. The highest BCUT2D eigenvalue weighted by Gasteiger charge is 2.31. The predicted molar refractivity (Wildman–Crippen MR) is 397 cm³/mol. The molecule has 8 aromatic carbocycles. The molecule has 8 aromatic rings. The Morgan fingerprint density at radius 1 is 0.146 bits per heavy atom. The van der Waals surface area contributed by atoms with Crippen LogP contribution in [0.2, 0.25) is 0 Å². The third kappa shape index (κ3) is 15.6. The molecule has 0 saturated carbocycles. The molecule has 8 N–H and O–H groups in total. The molecule has 9 rings (SSSR count). The summed E-state index contributed by atoms with van der Waals surface area (Å²) in [5, 5.41) is 102. The smallest absolute Gasteiger partial charge is 0.122 e. The van der Waals surface area contributed by atoms with Gasteiger partial charge >= 0.3 is 0 Å². The Bertz CT molecular complexity index is 3300. The highest BCUT2D eigenvalue weighted by molar-refractivity contribution is 5.62. The minimum absolute atomic E-state index is 0.0713. The lowest BCUT2D eigenvalue weighted by molar-refractivity contribution is 0.450. The maximum Gasteiger partial charge on any atom is 0.122 e. The summed E-state index contributed by atoms with van der Waals surface area (Å²) in [6, 6.07) is 32.6. The lowest BCUT2D eigenvalue weighted by Gasteiger charge is -2.27. The van der Waals surface area contributed by atoms with Crippen LogP contribution in [0, 0.1) is 0 Å². The average Bonchev–Trinajstić information content (AvgIpc) is 0.783. The van der Waals surface area contributed by atoms with Crippen LogP contribution in [0.1, 0.15) is 300 Å². The average molecular weight is 1310 g/mol. The molecule has 0 saturated heterocycles. The van der Waals surface area contributed by atoms with Gasteiger partial charge in [0.05, 0.1) is 0 Å². The Labute approximate surface area is 575 Å². The first kappa shape index (κ1) is 72.4. The van der Waals surface area contributed by atoms with Crippen LogP contribution in [0.4, 0.5) is 0 Å². The van der Waals surface area contributed by atoms with Crippen molar-refractivity contribution < 1.29 is 40.9 Å². The van der Waals surface area contributed by atoms with Crippen LogP contribution in [-0.2, 0) is 94.7 Å². The Morgan fingerprint density at radius 3 is 0.260 bits per heavy atom. The maximum absolute atomic E-state index is 12.8. The van der Waals surface area contributed by atoms with Crippen LogP contribution in [-0.4, -0.2) is 40.9 Å². The van der Waals surface area contributed by atoms with Gasteiger partial charge in [0.2, 0.25) is 0 Å².